The van der Waals surface area contributed by atoms with Crippen LogP contribution in [0.25, 0.3) is 0 Å². The summed E-state index contributed by atoms with van der Waals surface area (Å²) in [5.74, 6) is 2.23. The van der Waals surface area contributed by atoms with Crippen molar-refractivity contribution in [3.8, 4) is 12.3 Å². The van der Waals surface area contributed by atoms with Gasteiger partial charge in [0.2, 0.25) is 5.91 Å². The van der Waals surface area contributed by atoms with Crippen LogP contribution in [0.4, 0.5) is 4.79 Å². The second-order valence-electron chi connectivity index (χ2n) is 8.30. The van der Waals surface area contributed by atoms with E-state index in [1.54, 1.807) is 0 Å². The number of rotatable bonds is 9. The van der Waals surface area contributed by atoms with Gasteiger partial charge in [-0.15, -0.1) is 6.42 Å². The maximum absolute atomic E-state index is 13.4. The van der Waals surface area contributed by atoms with E-state index in [0.29, 0.717) is 12.1 Å². The third-order valence-corrected chi connectivity index (χ3v) is 5.12. The normalized spacial score (nSPS) is 11.1. The average Bonchev–Trinajstić information content (AvgIpc) is 2.87. The lowest BCUT2D eigenvalue weighted by atomic mass is 10.0. The van der Waals surface area contributed by atoms with Crippen molar-refractivity contribution in [1.29, 1.82) is 0 Å². The molecular formula is C29H30N4O2. The minimum atomic E-state index is -0.792. The molecule has 0 radical (unpaired) electrons. The van der Waals surface area contributed by atoms with Crippen LogP contribution in [0.5, 0.6) is 0 Å². The van der Waals surface area contributed by atoms with Crippen LogP contribution in [0.2, 0.25) is 0 Å². The molecule has 3 aromatic carbocycles. The van der Waals surface area contributed by atoms with E-state index in [9.17, 15) is 9.59 Å². The summed E-state index contributed by atoms with van der Waals surface area (Å²) >= 11 is 0. The van der Waals surface area contributed by atoms with Crippen molar-refractivity contribution in [3.05, 3.63) is 108 Å². The molecule has 0 saturated carbocycles. The van der Waals surface area contributed by atoms with Gasteiger partial charge in [-0.25, -0.2) is 9.80 Å². The van der Waals surface area contributed by atoms with Crippen LogP contribution in [0, 0.1) is 12.3 Å². The third kappa shape index (κ3) is 7.58. The van der Waals surface area contributed by atoms with Crippen molar-refractivity contribution in [2.45, 2.75) is 32.4 Å². The highest BCUT2D eigenvalue weighted by Gasteiger charge is 2.25. The van der Waals surface area contributed by atoms with Crippen molar-refractivity contribution in [2.75, 3.05) is 6.54 Å². The number of nitrogens with zero attached hydrogens (tertiary/aromatic N) is 2. The first kappa shape index (κ1) is 25.3. The molecule has 3 rings (SSSR count). The van der Waals surface area contributed by atoms with Crippen molar-refractivity contribution in [2.24, 2.45) is 5.10 Å². The van der Waals surface area contributed by atoms with Crippen molar-refractivity contribution < 1.29 is 9.59 Å². The first-order valence-corrected chi connectivity index (χ1v) is 11.5. The molecule has 35 heavy (non-hydrogen) atoms. The number of carbonyl (C=O) groups excluding carboxylic acids is 2. The molecule has 0 spiro atoms. The van der Waals surface area contributed by atoms with Crippen LogP contribution in [-0.2, 0) is 11.2 Å². The maximum Gasteiger partial charge on any atom is 0.339 e. The summed E-state index contributed by atoms with van der Waals surface area (Å²) in [6.45, 7) is 3.69. The molecule has 0 bridgehead atoms. The Labute approximate surface area is 207 Å². The quantitative estimate of drug-likeness (QED) is 0.282. The minimum Gasteiger partial charge on any atom is -0.352 e. The third-order valence-electron chi connectivity index (χ3n) is 5.12. The van der Waals surface area contributed by atoms with Gasteiger partial charge in [-0.05, 0) is 19.4 Å². The van der Waals surface area contributed by atoms with Crippen LogP contribution in [0.3, 0.4) is 0 Å². The second kappa shape index (κ2) is 12.8. The molecule has 2 N–H and O–H groups in total. The van der Waals surface area contributed by atoms with Gasteiger partial charge in [0, 0.05) is 23.6 Å². The SMILES string of the molecule is C#CCN(N=C(c1ccccc1)c1ccccc1)C(=O)N[C@H](Cc1ccccc1)C(=O)NC(C)C. The Morgan fingerprint density at radius 3 is 1.86 bits per heavy atom. The summed E-state index contributed by atoms with van der Waals surface area (Å²) in [6, 6.07) is 27.3. The maximum atomic E-state index is 13.4. The minimum absolute atomic E-state index is 0.0567. The van der Waals surface area contributed by atoms with Gasteiger partial charge in [0.25, 0.3) is 0 Å². The van der Waals surface area contributed by atoms with E-state index in [1.807, 2.05) is 105 Å². The van der Waals surface area contributed by atoms with Crippen LogP contribution in [0.15, 0.2) is 96.1 Å². The number of terminal acetylenes is 1. The highest BCUT2D eigenvalue weighted by molar-refractivity contribution is 6.13. The molecule has 3 aromatic rings. The lowest BCUT2D eigenvalue weighted by molar-refractivity contribution is -0.123. The fraction of sp³-hybridized carbons (Fsp3) is 0.207. The van der Waals surface area contributed by atoms with Crippen molar-refractivity contribution in [3.63, 3.8) is 0 Å². The molecule has 6 nitrogen and oxygen atoms in total. The Morgan fingerprint density at radius 1 is 0.857 bits per heavy atom. The number of hydrogen-bond acceptors (Lipinski definition) is 3. The molecule has 0 aliphatic rings. The van der Waals surface area contributed by atoms with E-state index in [0.717, 1.165) is 16.7 Å². The van der Waals surface area contributed by atoms with Crippen LogP contribution < -0.4 is 10.6 Å². The summed E-state index contributed by atoms with van der Waals surface area (Å²) in [4.78, 5) is 26.3. The lowest BCUT2D eigenvalue weighted by Gasteiger charge is -2.24. The van der Waals surface area contributed by atoms with Crippen LogP contribution >= 0.6 is 0 Å². The van der Waals surface area contributed by atoms with Crippen LogP contribution in [0.1, 0.15) is 30.5 Å². The number of carbonyl (C=O) groups is 2. The van der Waals surface area contributed by atoms with Gasteiger partial charge in [0.05, 0.1) is 5.71 Å². The van der Waals surface area contributed by atoms with E-state index < -0.39 is 12.1 Å². The number of urea groups is 1. The first-order chi connectivity index (χ1) is 17.0. The summed E-state index contributed by atoms with van der Waals surface area (Å²) in [5, 5.41) is 11.6. The molecule has 6 heteroatoms. The van der Waals surface area contributed by atoms with E-state index in [2.05, 4.69) is 21.7 Å². The molecule has 0 aromatic heterocycles. The van der Waals surface area contributed by atoms with Gasteiger partial charge < -0.3 is 10.6 Å². The molecule has 178 valence electrons. The number of benzene rings is 3. The zero-order chi connectivity index (χ0) is 25.0. The highest BCUT2D eigenvalue weighted by Crippen LogP contribution is 2.13. The molecule has 0 aliphatic carbocycles. The Hall–Kier alpha value is -4.37. The molecule has 1 atom stereocenters. The standard InChI is InChI=1S/C29H30N4O2/c1-4-20-33(32-27(24-16-10-6-11-17-24)25-18-12-7-13-19-25)29(35)31-26(28(34)30-22(2)3)21-23-14-8-5-9-15-23/h1,5-19,22,26H,20-21H2,2-3H3,(H,30,34)(H,31,35)/t26-/m1/s1. The van der Waals surface area contributed by atoms with Gasteiger partial charge in [-0.3, -0.25) is 4.79 Å². The van der Waals surface area contributed by atoms with E-state index in [4.69, 9.17) is 6.42 Å². The van der Waals surface area contributed by atoms with Crippen LogP contribution in [-0.4, -0.2) is 41.3 Å². The fourth-order valence-electron chi connectivity index (χ4n) is 3.50. The van der Waals surface area contributed by atoms with E-state index in [-0.39, 0.29) is 18.5 Å². The summed E-state index contributed by atoms with van der Waals surface area (Å²) in [5.41, 5.74) is 3.21. The molecule has 0 saturated heterocycles. The molecule has 0 unspecified atom stereocenters. The van der Waals surface area contributed by atoms with Gasteiger partial charge in [-0.2, -0.15) is 5.10 Å². The largest absolute Gasteiger partial charge is 0.352 e. The zero-order valence-corrected chi connectivity index (χ0v) is 20.0. The Kier molecular flexibility index (Phi) is 9.21. The van der Waals surface area contributed by atoms with E-state index in [1.165, 1.54) is 5.01 Å². The molecule has 0 aliphatic heterocycles. The summed E-state index contributed by atoms with van der Waals surface area (Å²) < 4.78 is 0. The number of amides is 3. The Bertz CT molecular complexity index is 1130. The Morgan fingerprint density at radius 2 is 1.37 bits per heavy atom. The summed E-state index contributed by atoms with van der Waals surface area (Å²) in [6.07, 6.45) is 5.92. The van der Waals surface area contributed by atoms with E-state index >= 15 is 0 Å². The van der Waals surface area contributed by atoms with Gasteiger partial charge in [0.1, 0.15) is 12.6 Å². The average molecular weight is 467 g/mol. The topological polar surface area (TPSA) is 73.8 Å². The zero-order valence-electron chi connectivity index (χ0n) is 20.0. The predicted octanol–water partition coefficient (Wildman–Crippen LogP) is 4.22. The van der Waals surface area contributed by atoms with Crippen molar-refractivity contribution >= 4 is 17.6 Å². The first-order valence-electron chi connectivity index (χ1n) is 11.5. The molecular weight excluding hydrogens is 436 g/mol. The van der Waals surface area contributed by atoms with Gasteiger partial charge in [-0.1, -0.05) is 96.9 Å². The second-order valence-corrected chi connectivity index (χ2v) is 8.30. The molecule has 3 amide bonds. The monoisotopic (exact) mass is 466 g/mol. The fourth-order valence-corrected chi connectivity index (χ4v) is 3.50. The number of hydrogen-bond donors (Lipinski definition) is 2. The smallest absolute Gasteiger partial charge is 0.339 e. The molecule has 0 fully saturated rings. The summed E-state index contributed by atoms with van der Waals surface area (Å²) in [7, 11) is 0. The van der Waals surface area contributed by atoms with Crippen molar-refractivity contribution in [1.82, 2.24) is 15.6 Å². The number of hydrazone groups is 1. The molecule has 0 heterocycles. The Balaban J connectivity index is 1.92. The predicted molar refractivity (Wildman–Crippen MR) is 140 cm³/mol. The van der Waals surface area contributed by atoms with Gasteiger partial charge >= 0.3 is 6.03 Å². The lowest BCUT2D eigenvalue weighted by Crippen LogP contribution is -2.52. The van der Waals surface area contributed by atoms with Gasteiger partial charge in [0.15, 0.2) is 0 Å². The number of nitrogens with one attached hydrogen (secondary N) is 2. The highest BCUT2D eigenvalue weighted by atomic mass is 16.2.